The van der Waals surface area contributed by atoms with Crippen molar-refractivity contribution in [3.05, 3.63) is 17.8 Å². The fraction of sp³-hybridized carbons (Fsp3) is 0.385. The first-order valence-electron chi connectivity index (χ1n) is 6.39. The van der Waals surface area contributed by atoms with Crippen LogP contribution < -0.4 is 4.74 Å². The summed E-state index contributed by atoms with van der Waals surface area (Å²) in [5.74, 6) is 0. The SMILES string of the molecule is COc1ncc2cc(C(F)F)c3nnn(C(C)C)c3c2n1. The molecule has 0 N–H and O–H groups in total. The molecule has 0 spiro atoms. The van der Waals surface area contributed by atoms with Gasteiger partial charge in [0, 0.05) is 23.2 Å². The number of halogens is 2. The van der Waals surface area contributed by atoms with Crippen molar-refractivity contribution < 1.29 is 13.5 Å². The van der Waals surface area contributed by atoms with Crippen LogP contribution in [0.25, 0.3) is 21.9 Å². The van der Waals surface area contributed by atoms with Gasteiger partial charge in [-0.25, -0.2) is 18.4 Å². The average Bonchev–Trinajstić information content (AvgIpc) is 2.90. The summed E-state index contributed by atoms with van der Waals surface area (Å²) in [5, 5.41) is 8.38. The third-order valence-electron chi connectivity index (χ3n) is 3.20. The highest BCUT2D eigenvalue weighted by Gasteiger charge is 2.21. The van der Waals surface area contributed by atoms with E-state index in [4.69, 9.17) is 4.74 Å². The molecule has 0 aliphatic carbocycles. The summed E-state index contributed by atoms with van der Waals surface area (Å²) in [4.78, 5) is 8.22. The van der Waals surface area contributed by atoms with Crippen LogP contribution in [0, 0.1) is 0 Å². The van der Waals surface area contributed by atoms with Crippen LogP contribution in [0.15, 0.2) is 12.3 Å². The van der Waals surface area contributed by atoms with E-state index in [-0.39, 0.29) is 23.1 Å². The Morgan fingerprint density at radius 2 is 2.00 bits per heavy atom. The van der Waals surface area contributed by atoms with Gasteiger partial charge in [-0.2, -0.15) is 4.98 Å². The number of hydrogen-bond acceptors (Lipinski definition) is 5. The van der Waals surface area contributed by atoms with E-state index in [2.05, 4.69) is 20.3 Å². The molecule has 0 amide bonds. The Hall–Kier alpha value is -2.38. The zero-order chi connectivity index (χ0) is 15.1. The first-order valence-corrected chi connectivity index (χ1v) is 6.39. The van der Waals surface area contributed by atoms with Crippen molar-refractivity contribution in [3.8, 4) is 6.01 Å². The van der Waals surface area contributed by atoms with Gasteiger partial charge in [0.1, 0.15) is 16.6 Å². The van der Waals surface area contributed by atoms with Crippen LogP contribution in [0.2, 0.25) is 0 Å². The molecule has 2 aromatic heterocycles. The molecule has 1 aromatic carbocycles. The van der Waals surface area contributed by atoms with Crippen LogP contribution in [0.3, 0.4) is 0 Å². The maximum atomic E-state index is 13.2. The standard InChI is InChI=1S/C13H13F2N5O/c1-6(2)20-11-9-7(5-16-13(17-9)21-3)4-8(12(14)15)10(11)18-19-20/h4-6,12H,1-3H3. The van der Waals surface area contributed by atoms with Gasteiger partial charge in [0.2, 0.25) is 0 Å². The van der Waals surface area contributed by atoms with Gasteiger partial charge >= 0.3 is 6.01 Å². The number of alkyl halides is 2. The molecule has 0 atom stereocenters. The molecule has 8 heteroatoms. The summed E-state index contributed by atoms with van der Waals surface area (Å²) < 4.78 is 33.1. The van der Waals surface area contributed by atoms with Crippen LogP contribution in [-0.2, 0) is 0 Å². The number of ether oxygens (including phenoxy) is 1. The summed E-state index contributed by atoms with van der Waals surface area (Å²) in [6.07, 6.45) is -1.18. The van der Waals surface area contributed by atoms with Gasteiger partial charge in [-0.1, -0.05) is 5.21 Å². The van der Waals surface area contributed by atoms with Crippen molar-refractivity contribution >= 4 is 21.9 Å². The second kappa shape index (κ2) is 4.87. The van der Waals surface area contributed by atoms with E-state index in [9.17, 15) is 8.78 Å². The van der Waals surface area contributed by atoms with Gasteiger partial charge in [-0.3, -0.25) is 0 Å². The lowest BCUT2D eigenvalue weighted by Crippen LogP contribution is -2.04. The highest BCUT2D eigenvalue weighted by molar-refractivity contribution is 6.03. The number of nitrogens with zero attached hydrogens (tertiary/aromatic N) is 5. The van der Waals surface area contributed by atoms with E-state index in [0.717, 1.165) is 0 Å². The second-order valence-corrected chi connectivity index (χ2v) is 4.89. The van der Waals surface area contributed by atoms with E-state index in [1.807, 2.05) is 13.8 Å². The maximum Gasteiger partial charge on any atom is 0.316 e. The molecule has 110 valence electrons. The first-order chi connectivity index (χ1) is 10.0. The van der Waals surface area contributed by atoms with E-state index in [0.29, 0.717) is 16.4 Å². The highest BCUT2D eigenvalue weighted by atomic mass is 19.3. The molecular weight excluding hydrogens is 280 g/mol. The fourth-order valence-corrected chi connectivity index (χ4v) is 2.24. The zero-order valence-electron chi connectivity index (χ0n) is 11.7. The van der Waals surface area contributed by atoms with Crippen molar-refractivity contribution in [3.63, 3.8) is 0 Å². The molecule has 0 unspecified atom stereocenters. The number of methoxy groups -OCH3 is 1. The Morgan fingerprint density at radius 3 is 2.62 bits per heavy atom. The van der Waals surface area contributed by atoms with Crippen LogP contribution in [-0.4, -0.2) is 32.1 Å². The second-order valence-electron chi connectivity index (χ2n) is 4.89. The first kappa shape index (κ1) is 13.6. The van der Waals surface area contributed by atoms with E-state index >= 15 is 0 Å². The van der Waals surface area contributed by atoms with Crippen LogP contribution in [0.1, 0.15) is 31.9 Å². The quantitative estimate of drug-likeness (QED) is 0.743. The molecule has 0 radical (unpaired) electrons. The predicted octanol–water partition coefficient (Wildman–Crippen LogP) is 2.90. The van der Waals surface area contributed by atoms with Crippen LogP contribution >= 0.6 is 0 Å². The minimum atomic E-state index is -2.64. The maximum absolute atomic E-state index is 13.2. The van der Waals surface area contributed by atoms with E-state index < -0.39 is 6.43 Å². The molecule has 3 aromatic rings. The Labute approximate surface area is 118 Å². The van der Waals surface area contributed by atoms with Gasteiger partial charge < -0.3 is 4.74 Å². The van der Waals surface area contributed by atoms with Crippen LogP contribution in [0.4, 0.5) is 8.78 Å². The Kier molecular flexibility index (Phi) is 3.15. The molecule has 0 saturated heterocycles. The normalized spacial score (nSPS) is 12.0. The molecule has 3 rings (SSSR count). The minimum Gasteiger partial charge on any atom is -0.467 e. The summed E-state index contributed by atoms with van der Waals surface area (Å²) in [6.45, 7) is 3.79. The summed E-state index contributed by atoms with van der Waals surface area (Å²) >= 11 is 0. The molecule has 21 heavy (non-hydrogen) atoms. The Balaban J connectivity index is 2.48. The summed E-state index contributed by atoms with van der Waals surface area (Å²) in [5.41, 5.74) is 0.962. The summed E-state index contributed by atoms with van der Waals surface area (Å²) in [6, 6.07) is 1.48. The lowest BCUT2D eigenvalue weighted by Gasteiger charge is -2.09. The molecule has 2 heterocycles. The smallest absolute Gasteiger partial charge is 0.316 e. The Morgan fingerprint density at radius 1 is 1.24 bits per heavy atom. The van der Waals surface area contributed by atoms with E-state index in [1.54, 1.807) is 4.68 Å². The monoisotopic (exact) mass is 293 g/mol. The highest BCUT2D eigenvalue weighted by Crippen LogP contribution is 2.33. The predicted molar refractivity (Wildman–Crippen MR) is 72.5 cm³/mol. The fourth-order valence-electron chi connectivity index (χ4n) is 2.24. The topological polar surface area (TPSA) is 65.7 Å². The van der Waals surface area contributed by atoms with Crippen molar-refractivity contribution in [1.82, 2.24) is 25.0 Å². The number of fused-ring (bicyclic) bond motifs is 3. The molecule has 0 aliphatic heterocycles. The van der Waals surface area contributed by atoms with Crippen LogP contribution in [0.5, 0.6) is 6.01 Å². The van der Waals surface area contributed by atoms with E-state index in [1.165, 1.54) is 19.4 Å². The number of rotatable bonds is 3. The molecule has 6 nitrogen and oxygen atoms in total. The van der Waals surface area contributed by atoms with Gasteiger partial charge in [0.15, 0.2) is 0 Å². The lowest BCUT2D eigenvalue weighted by atomic mass is 10.1. The Bertz CT molecular complexity index is 815. The third-order valence-corrected chi connectivity index (χ3v) is 3.20. The van der Waals surface area contributed by atoms with Crippen molar-refractivity contribution in [2.24, 2.45) is 0 Å². The third kappa shape index (κ3) is 2.07. The van der Waals surface area contributed by atoms with Gasteiger partial charge in [-0.05, 0) is 19.9 Å². The molecular formula is C13H13F2N5O. The number of benzene rings is 1. The number of aromatic nitrogens is 5. The van der Waals surface area contributed by atoms with Crippen molar-refractivity contribution in [2.75, 3.05) is 7.11 Å². The van der Waals surface area contributed by atoms with Gasteiger partial charge in [0.05, 0.1) is 7.11 Å². The van der Waals surface area contributed by atoms with Gasteiger partial charge in [-0.15, -0.1) is 5.10 Å². The average molecular weight is 293 g/mol. The minimum absolute atomic E-state index is 0.0351. The molecule has 0 bridgehead atoms. The molecule has 0 saturated carbocycles. The lowest BCUT2D eigenvalue weighted by molar-refractivity contribution is 0.153. The largest absolute Gasteiger partial charge is 0.467 e. The molecule has 0 fully saturated rings. The van der Waals surface area contributed by atoms with Crippen molar-refractivity contribution in [2.45, 2.75) is 26.3 Å². The van der Waals surface area contributed by atoms with Gasteiger partial charge in [0.25, 0.3) is 6.43 Å². The number of hydrogen-bond donors (Lipinski definition) is 0. The zero-order valence-corrected chi connectivity index (χ0v) is 11.7. The molecule has 0 aliphatic rings. The summed E-state index contributed by atoms with van der Waals surface area (Å²) in [7, 11) is 1.45. The van der Waals surface area contributed by atoms with Crippen molar-refractivity contribution in [1.29, 1.82) is 0 Å².